The van der Waals surface area contributed by atoms with Crippen LogP contribution in [0.5, 0.6) is 0 Å². The minimum Gasteiger partial charge on any atom is -0.437 e. The molecule has 35 heavy (non-hydrogen) atoms. The van der Waals surface area contributed by atoms with Crippen LogP contribution in [0.3, 0.4) is 0 Å². The van der Waals surface area contributed by atoms with Crippen molar-refractivity contribution in [2.24, 2.45) is 0 Å². The second-order valence-electron chi connectivity index (χ2n) is 9.43. The van der Waals surface area contributed by atoms with Crippen molar-refractivity contribution in [3.8, 4) is 0 Å². The number of allylic oxidation sites excluding steroid dienone is 1. The molecule has 2 nitrogen and oxygen atoms in total. The van der Waals surface area contributed by atoms with Gasteiger partial charge in [0.2, 0.25) is 0 Å². The highest BCUT2D eigenvalue weighted by molar-refractivity contribution is 7.06. The summed E-state index contributed by atoms with van der Waals surface area (Å²) in [5, 5.41) is 4.04. The number of aryl methyl sites for hydroxylation is 3. The molecule has 3 heteroatoms. The van der Waals surface area contributed by atoms with Gasteiger partial charge in [0.1, 0.15) is 5.76 Å². The Bertz CT molecular complexity index is 1290. The maximum atomic E-state index is 6.62. The Labute approximate surface area is 210 Å². The van der Waals surface area contributed by atoms with E-state index in [-0.39, 0.29) is 0 Å². The Morgan fingerprint density at radius 2 is 1.06 bits per heavy atom. The van der Waals surface area contributed by atoms with Crippen molar-refractivity contribution >= 4 is 35.3 Å². The van der Waals surface area contributed by atoms with Crippen molar-refractivity contribution in [2.45, 2.75) is 27.7 Å². The summed E-state index contributed by atoms with van der Waals surface area (Å²) in [5.41, 5.74) is 6.24. The van der Waals surface area contributed by atoms with E-state index >= 15 is 0 Å². The highest BCUT2D eigenvalue weighted by Crippen LogP contribution is 2.28. The van der Waals surface area contributed by atoms with Gasteiger partial charge in [-0.05, 0) is 31.9 Å². The van der Waals surface area contributed by atoms with E-state index in [1.165, 1.54) is 43.5 Å². The van der Waals surface area contributed by atoms with Gasteiger partial charge >= 0.3 is 8.24 Å². The molecule has 0 aliphatic carbocycles. The Hall–Kier alpha value is -3.69. The standard InChI is InChI=1S/C32H32NOSi/c1-24-20-25(2)32(26(3)21-24)31-22-27(4)33(23-34-31)35(28-14-8-5-9-15-28,29-16-10-6-11-17-29)30-18-12-7-13-19-30/h5-22H,23H2,1-4H3/q+1. The molecule has 0 radical (unpaired) electrons. The van der Waals surface area contributed by atoms with E-state index in [4.69, 9.17) is 4.74 Å². The number of benzene rings is 4. The molecule has 0 atom stereocenters. The minimum absolute atomic E-state index is 0.509. The predicted octanol–water partition coefficient (Wildman–Crippen LogP) is 5.08. The summed E-state index contributed by atoms with van der Waals surface area (Å²) < 4.78 is 9.16. The molecule has 0 amide bonds. The quantitative estimate of drug-likeness (QED) is 0.290. The first kappa shape index (κ1) is 23.1. The number of rotatable bonds is 5. The summed E-state index contributed by atoms with van der Waals surface area (Å²) in [7, 11) is -2.63. The second-order valence-corrected chi connectivity index (χ2v) is 13.1. The van der Waals surface area contributed by atoms with Crippen molar-refractivity contribution in [1.82, 2.24) is 0 Å². The normalized spacial score (nSPS) is 13.9. The molecule has 0 fully saturated rings. The summed E-state index contributed by atoms with van der Waals surface area (Å²) in [6.07, 6.45) is 2.24. The van der Waals surface area contributed by atoms with Crippen LogP contribution >= 0.6 is 0 Å². The second kappa shape index (κ2) is 9.51. The van der Waals surface area contributed by atoms with Crippen molar-refractivity contribution in [2.75, 3.05) is 6.73 Å². The molecule has 0 saturated carbocycles. The van der Waals surface area contributed by atoms with Gasteiger partial charge in [-0.25, -0.2) is 0 Å². The molecule has 0 unspecified atom stereocenters. The van der Waals surface area contributed by atoms with E-state index in [1.807, 2.05) is 0 Å². The Balaban J connectivity index is 1.80. The third-order valence-corrected chi connectivity index (χ3v) is 11.8. The van der Waals surface area contributed by atoms with Gasteiger partial charge in [0, 0.05) is 34.1 Å². The fraction of sp³-hybridized carbons (Fsp3) is 0.156. The van der Waals surface area contributed by atoms with Crippen molar-refractivity contribution in [3.05, 3.63) is 131 Å². The van der Waals surface area contributed by atoms with Crippen LogP contribution in [0.15, 0.2) is 109 Å². The van der Waals surface area contributed by atoms with Gasteiger partial charge in [-0.2, -0.15) is 0 Å². The molecule has 174 valence electrons. The fourth-order valence-corrected chi connectivity index (χ4v) is 10.4. The molecule has 0 aromatic heterocycles. The first-order valence-electron chi connectivity index (χ1n) is 12.2. The molecule has 1 heterocycles. The molecule has 4 aromatic carbocycles. The van der Waals surface area contributed by atoms with Gasteiger partial charge in [-0.3, -0.25) is 4.24 Å². The zero-order valence-electron chi connectivity index (χ0n) is 21.0. The third-order valence-electron chi connectivity index (χ3n) is 7.02. The molecular weight excluding hydrogens is 442 g/mol. The lowest BCUT2D eigenvalue weighted by molar-refractivity contribution is -0.441. The van der Waals surface area contributed by atoms with Crippen LogP contribution in [0.25, 0.3) is 5.76 Å². The lowest BCUT2D eigenvalue weighted by Gasteiger charge is -2.32. The zero-order valence-corrected chi connectivity index (χ0v) is 22.0. The smallest absolute Gasteiger partial charge is 0.437 e. The van der Waals surface area contributed by atoms with Gasteiger partial charge < -0.3 is 4.74 Å². The summed E-state index contributed by atoms with van der Waals surface area (Å²) >= 11 is 0. The van der Waals surface area contributed by atoms with E-state index in [0.717, 1.165) is 5.76 Å². The molecule has 0 spiro atoms. The summed E-state index contributed by atoms with van der Waals surface area (Å²) in [6.45, 7) is 9.25. The monoisotopic (exact) mass is 474 g/mol. The maximum Gasteiger partial charge on any atom is 0.460 e. The Morgan fingerprint density at radius 3 is 1.46 bits per heavy atom. The molecule has 5 rings (SSSR count). The van der Waals surface area contributed by atoms with Crippen LogP contribution in [0, 0.1) is 20.8 Å². The molecule has 1 aliphatic rings. The number of hydrogen-bond acceptors (Lipinski definition) is 1. The zero-order chi connectivity index (χ0) is 24.4. The van der Waals surface area contributed by atoms with Crippen LogP contribution in [0.2, 0.25) is 0 Å². The van der Waals surface area contributed by atoms with Gasteiger partial charge in [0.15, 0.2) is 5.71 Å². The lowest BCUT2D eigenvalue weighted by Crippen LogP contribution is -2.75. The predicted molar refractivity (Wildman–Crippen MR) is 150 cm³/mol. The van der Waals surface area contributed by atoms with E-state index in [0.29, 0.717) is 6.73 Å². The summed E-state index contributed by atoms with van der Waals surface area (Å²) in [5.74, 6) is 0.964. The Kier molecular flexibility index (Phi) is 6.27. The van der Waals surface area contributed by atoms with Gasteiger partial charge in [-0.1, -0.05) is 109 Å². The molecule has 0 saturated heterocycles. The van der Waals surface area contributed by atoms with Crippen molar-refractivity contribution in [3.63, 3.8) is 0 Å². The number of nitrogens with zero attached hydrogens (tertiary/aromatic N) is 1. The van der Waals surface area contributed by atoms with Crippen LogP contribution in [-0.4, -0.2) is 24.9 Å². The molecular formula is C32H32NOSi+. The van der Waals surface area contributed by atoms with E-state index in [1.54, 1.807) is 0 Å². The SMILES string of the molecule is CC1=[N+]([Si](c2ccccc2)(c2ccccc2)c2ccccc2)COC(c2c(C)cc(C)cc2C)=C1. The molecule has 4 aromatic rings. The maximum absolute atomic E-state index is 6.62. The summed E-state index contributed by atoms with van der Waals surface area (Å²) in [6, 6.07) is 37.4. The average molecular weight is 475 g/mol. The van der Waals surface area contributed by atoms with Crippen LogP contribution in [0.4, 0.5) is 0 Å². The fourth-order valence-electron chi connectivity index (χ4n) is 5.63. The topological polar surface area (TPSA) is 12.2 Å². The van der Waals surface area contributed by atoms with E-state index < -0.39 is 8.24 Å². The van der Waals surface area contributed by atoms with E-state index in [2.05, 4.69) is 141 Å². The van der Waals surface area contributed by atoms with E-state index in [9.17, 15) is 0 Å². The highest BCUT2D eigenvalue weighted by atomic mass is 28.3. The molecule has 0 N–H and O–H groups in total. The van der Waals surface area contributed by atoms with Crippen LogP contribution in [0.1, 0.15) is 29.2 Å². The first-order valence-corrected chi connectivity index (χ1v) is 14.2. The highest BCUT2D eigenvalue weighted by Gasteiger charge is 2.55. The van der Waals surface area contributed by atoms with Crippen molar-refractivity contribution in [1.29, 1.82) is 0 Å². The van der Waals surface area contributed by atoms with Gasteiger partial charge in [-0.15, -0.1) is 0 Å². The molecule has 0 bridgehead atoms. The number of hydrogen-bond donors (Lipinski definition) is 0. The third kappa shape index (κ3) is 4.06. The van der Waals surface area contributed by atoms with Gasteiger partial charge in [0.05, 0.1) is 0 Å². The lowest BCUT2D eigenvalue weighted by atomic mass is 9.97. The summed E-state index contributed by atoms with van der Waals surface area (Å²) in [4.78, 5) is 0. The minimum atomic E-state index is -2.63. The first-order chi connectivity index (χ1) is 17.0. The number of ether oxygens (including phenoxy) is 1. The van der Waals surface area contributed by atoms with Crippen LogP contribution in [-0.2, 0) is 4.74 Å². The average Bonchev–Trinajstić information content (AvgIpc) is 2.87. The van der Waals surface area contributed by atoms with Crippen molar-refractivity contribution < 1.29 is 8.98 Å². The van der Waals surface area contributed by atoms with Crippen LogP contribution < -0.4 is 15.6 Å². The van der Waals surface area contributed by atoms with Gasteiger partial charge in [0.25, 0.3) is 6.73 Å². The molecule has 1 aliphatic heterocycles. The Morgan fingerprint density at radius 1 is 0.629 bits per heavy atom. The largest absolute Gasteiger partial charge is 0.460 e.